The molecule has 174 valence electrons. The molecule has 0 atom stereocenters. The minimum Gasteiger partial charge on any atom is -0.325 e. The number of anilines is 1. The molecule has 0 saturated heterocycles. The minimum absolute atomic E-state index is 0.100. The van der Waals surface area contributed by atoms with Crippen molar-refractivity contribution in [3.63, 3.8) is 0 Å². The van der Waals surface area contributed by atoms with Gasteiger partial charge >= 0.3 is 12.4 Å². The second-order valence-corrected chi connectivity index (χ2v) is 8.73. The fourth-order valence-electron chi connectivity index (χ4n) is 2.56. The van der Waals surface area contributed by atoms with Crippen molar-refractivity contribution >= 4 is 27.4 Å². The zero-order valence-electron chi connectivity index (χ0n) is 16.5. The highest BCUT2D eigenvalue weighted by Gasteiger charge is 2.37. The number of carbonyl (C=O) groups excluding carboxylic acids is 2. The molecule has 0 spiro atoms. The van der Waals surface area contributed by atoms with Gasteiger partial charge in [0.2, 0.25) is 15.9 Å². The quantitative estimate of drug-likeness (QED) is 0.495. The molecule has 0 aliphatic heterocycles. The number of nitrogens with one attached hydrogen (secondary N) is 1. The van der Waals surface area contributed by atoms with Crippen LogP contribution in [-0.2, 0) is 27.2 Å². The Labute approximate surface area is 178 Å². The second-order valence-electron chi connectivity index (χ2n) is 6.68. The number of carbonyl (C=O) groups is 2. The van der Waals surface area contributed by atoms with Gasteiger partial charge in [-0.2, -0.15) is 30.6 Å². The van der Waals surface area contributed by atoms with Crippen LogP contribution in [-0.4, -0.2) is 38.0 Å². The van der Waals surface area contributed by atoms with E-state index in [0.29, 0.717) is 16.4 Å². The van der Waals surface area contributed by atoms with Gasteiger partial charge in [-0.15, -0.1) is 0 Å². The third kappa shape index (κ3) is 6.07. The summed E-state index contributed by atoms with van der Waals surface area (Å²) >= 11 is 0. The number of ketones is 1. The number of sulfonamides is 1. The number of likely N-dealkylation sites (N-methyl/N-ethyl adjacent to an activating group) is 1. The topological polar surface area (TPSA) is 83.6 Å². The Morgan fingerprint density at radius 2 is 1.38 bits per heavy atom. The molecule has 0 bridgehead atoms. The molecule has 0 fully saturated rings. The Kier molecular flexibility index (Phi) is 7.05. The van der Waals surface area contributed by atoms with E-state index in [1.165, 1.54) is 19.1 Å². The van der Waals surface area contributed by atoms with Crippen LogP contribution in [0.1, 0.15) is 28.4 Å². The molecule has 0 aliphatic rings. The van der Waals surface area contributed by atoms with Crippen molar-refractivity contribution in [1.82, 2.24) is 4.31 Å². The maximum atomic E-state index is 12.9. The maximum Gasteiger partial charge on any atom is 0.416 e. The van der Waals surface area contributed by atoms with Crippen LogP contribution in [0, 0.1) is 0 Å². The average Bonchev–Trinajstić information content (AvgIpc) is 2.66. The molecule has 2 aromatic carbocycles. The number of Topliss-reactive ketones (excluding diaryl/α,β-unsaturated/α-hetero) is 1. The van der Waals surface area contributed by atoms with Crippen molar-refractivity contribution in [2.75, 3.05) is 18.9 Å². The summed E-state index contributed by atoms with van der Waals surface area (Å²) in [5.74, 6) is -1.47. The van der Waals surface area contributed by atoms with E-state index in [-0.39, 0.29) is 22.3 Å². The first-order chi connectivity index (χ1) is 14.5. The number of halogens is 6. The fraction of sp³-hybridized carbons (Fsp3) is 0.263. The first-order valence-electron chi connectivity index (χ1n) is 8.68. The average molecular weight is 482 g/mol. The van der Waals surface area contributed by atoms with Crippen LogP contribution < -0.4 is 5.32 Å². The van der Waals surface area contributed by atoms with Crippen molar-refractivity contribution in [2.45, 2.75) is 24.2 Å². The zero-order valence-corrected chi connectivity index (χ0v) is 17.3. The highest BCUT2D eigenvalue weighted by molar-refractivity contribution is 7.89. The molecule has 1 N–H and O–H groups in total. The highest BCUT2D eigenvalue weighted by Crippen LogP contribution is 2.37. The second kappa shape index (κ2) is 8.90. The van der Waals surface area contributed by atoms with Gasteiger partial charge in [0, 0.05) is 18.3 Å². The van der Waals surface area contributed by atoms with Crippen molar-refractivity contribution < 1.29 is 44.3 Å². The predicted molar refractivity (Wildman–Crippen MR) is 101 cm³/mol. The van der Waals surface area contributed by atoms with E-state index in [2.05, 4.69) is 0 Å². The van der Waals surface area contributed by atoms with E-state index in [4.69, 9.17) is 0 Å². The Hall–Kier alpha value is -2.93. The molecule has 6 nitrogen and oxygen atoms in total. The Morgan fingerprint density at radius 1 is 0.906 bits per heavy atom. The first-order valence-corrected chi connectivity index (χ1v) is 10.1. The van der Waals surface area contributed by atoms with Gasteiger partial charge < -0.3 is 5.32 Å². The molecule has 13 heteroatoms. The Morgan fingerprint density at radius 3 is 1.78 bits per heavy atom. The van der Waals surface area contributed by atoms with Crippen LogP contribution in [0.5, 0.6) is 0 Å². The lowest BCUT2D eigenvalue weighted by Gasteiger charge is -2.18. The fourth-order valence-corrected chi connectivity index (χ4v) is 3.68. The number of amides is 1. The lowest BCUT2D eigenvalue weighted by atomic mass is 10.1. The summed E-state index contributed by atoms with van der Waals surface area (Å²) in [7, 11) is -3.23. The third-order valence-corrected chi connectivity index (χ3v) is 6.02. The van der Waals surface area contributed by atoms with Crippen LogP contribution in [0.3, 0.4) is 0 Å². The molecule has 32 heavy (non-hydrogen) atoms. The van der Waals surface area contributed by atoms with Crippen molar-refractivity contribution in [3.05, 3.63) is 59.2 Å². The van der Waals surface area contributed by atoms with Crippen LogP contribution in [0.4, 0.5) is 32.0 Å². The van der Waals surface area contributed by atoms with Gasteiger partial charge in [-0.25, -0.2) is 8.42 Å². The van der Waals surface area contributed by atoms with Crippen LogP contribution in [0.15, 0.2) is 47.4 Å². The van der Waals surface area contributed by atoms with Gasteiger partial charge in [0.25, 0.3) is 0 Å². The molecule has 0 saturated carbocycles. The van der Waals surface area contributed by atoms with Crippen LogP contribution in [0.2, 0.25) is 0 Å². The normalized spacial score (nSPS) is 12.7. The third-order valence-electron chi connectivity index (χ3n) is 4.21. The number of rotatable bonds is 6. The molecular formula is C19H16F6N2O4S. The minimum atomic E-state index is -5.10. The molecule has 0 aliphatic carbocycles. The molecule has 2 aromatic rings. The number of hydrogen-bond donors (Lipinski definition) is 1. The molecule has 0 aromatic heterocycles. The summed E-state index contributed by atoms with van der Waals surface area (Å²) in [6.07, 6.45) is -10.2. The van der Waals surface area contributed by atoms with E-state index in [9.17, 15) is 44.3 Å². The van der Waals surface area contributed by atoms with Crippen molar-refractivity contribution in [2.24, 2.45) is 0 Å². The Balaban J connectivity index is 2.23. The van der Waals surface area contributed by atoms with Crippen LogP contribution in [0.25, 0.3) is 0 Å². The molecule has 1 amide bonds. The number of alkyl halides is 6. The highest BCUT2D eigenvalue weighted by atomic mass is 32.2. The molecule has 0 radical (unpaired) electrons. The van der Waals surface area contributed by atoms with E-state index in [1.807, 2.05) is 5.32 Å². The monoisotopic (exact) mass is 482 g/mol. The predicted octanol–water partition coefficient (Wildman–Crippen LogP) is 4.19. The molecular weight excluding hydrogens is 466 g/mol. The first kappa shape index (κ1) is 25.3. The summed E-state index contributed by atoms with van der Waals surface area (Å²) < 4.78 is 103. The summed E-state index contributed by atoms with van der Waals surface area (Å²) in [6, 6.07) is 5.28. The van der Waals surface area contributed by atoms with Crippen LogP contribution >= 0.6 is 0 Å². The summed E-state index contributed by atoms with van der Waals surface area (Å²) in [5, 5.41) is 1.86. The summed E-state index contributed by atoms with van der Waals surface area (Å²) in [6.45, 7) is 0.381. The van der Waals surface area contributed by atoms with Crippen molar-refractivity contribution in [3.8, 4) is 0 Å². The lowest BCUT2D eigenvalue weighted by Crippen LogP contribution is -2.35. The van der Waals surface area contributed by atoms with E-state index in [0.717, 1.165) is 19.2 Å². The van der Waals surface area contributed by atoms with Gasteiger partial charge in [-0.3, -0.25) is 9.59 Å². The number of nitrogens with zero attached hydrogens (tertiary/aromatic N) is 1. The zero-order chi connectivity index (χ0) is 24.5. The van der Waals surface area contributed by atoms with Crippen molar-refractivity contribution in [1.29, 1.82) is 0 Å². The van der Waals surface area contributed by atoms with Gasteiger partial charge in [0.15, 0.2) is 5.78 Å². The van der Waals surface area contributed by atoms with E-state index in [1.54, 1.807) is 0 Å². The van der Waals surface area contributed by atoms with Gasteiger partial charge in [-0.05, 0) is 37.3 Å². The SMILES string of the molecule is CC(=O)c1ccc(S(=O)(=O)N(C)CC(=O)Nc2cc(C(F)(F)F)cc(C(F)(F)F)c2)cc1. The smallest absolute Gasteiger partial charge is 0.325 e. The van der Waals surface area contributed by atoms with E-state index < -0.39 is 51.6 Å². The molecule has 0 heterocycles. The maximum absolute atomic E-state index is 12.9. The number of benzene rings is 2. The molecule has 0 unspecified atom stereocenters. The summed E-state index contributed by atoms with van der Waals surface area (Å²) in [4.78, 5) is 23.2. The molecule has 2 rings (SSSR count). The Bertz CT molecular complexity index is 1090. The van der Waals surface area contributed by atoms with Gasteiger partial charge in [0.1, 0.15) is 0 Å². The van der Waals surface area contributed by atoms with E-state index >= 15 is 0 Å². The number of hydrogen-bond acceptors (Lipinski definition) is 4. The lowest BCUT2D eigenvalue weighted by molar-refractivity contribution is -0.143. The summed E-state index contributed by atoms with van der Waals surface area (Å²) in [5.41, 5.74) is -3.81. The standard InChI is InChI=1S/C19H16F6N2O4S/c1-11(28)12-3-5-16(6-4-12)32(30,31)27(2)10-17(29)26-15-8-13(18(20,21)22)7-14(9-15)19(23,24)25/h3-9H,10H2,1-2H3,(H,26,29). The van der Waals surface area contributed by atoms with Gasteiger partial charge in [0.05, 0.1) is 22.6 Å². The largest absolute Gasteiger partial charge is 0.416 e. The van der Waals surface area contributed by atoms with Gasteiger partial charge in [-0.1, -0.05) is 12.1 Å².